The first-order valence-corrected chi connectivity index (χ1v) is 10.3. The molecule has 0 radical (unpaired) electrons. The van der Waals surface area contributed by atoms with Crippen molar-refractivity contribution in [1.29, 1.82) is 0 Å². The van der Waals surface area contributed by atoms with E-state index in [1.54, 1.807) is 0 Å². The van der Waals surface area contributed by atoms with Crippen LogP contribution >= 0.6 is 11.3 Å². The summed E-state index contributed by atoms with van der Waals surface area (Å²) in [5, 5.41) is 6.22. The standard InChI is InChI=1S/C21H25N3O3S/c1-13(25)23-16(14-8-4-2-5-9-14)12-18(26)24-21-19(20(22)27)15-10-6-3-7-11-17(15)28-21/h2,4-5,8-9,16H,3,6-7,10-12H2,1H3,(H2,22,27)(H,23,25)(H,24,26). The number of nitrogens with one attached hydrogen (secondary N) is 2. The highest BCUT2D eigenvalue weighted by atomic mass is 32.1. The number of fused-ring (bicyclic) bond motifs is 1. The summed E-state index contributed by atoms with van der Waals surface area (Å²) in [5.41, 5.74) is 7.92. The van der Waals surface area contributed by atoms with Crippen molar-refractivity contribution >= 4 is 34.1 Å². The Morgan fingerprint density at radius 2 is 1.82 bits per heavy atom. The molecule has 1 aliphatic carbocycles. The van der Waals surface area contributed by atoms with Crippen molar-refractivity contribution in [2.75, 3.05) is 5.32 Å². The van der Waals surface area contributed by atoms with Crippen molar-refractivity contribution in [3.63, 3.8) is 0 Å². The number of anilines is 1. The van der Waals surface area contributed by atoms with Crippen LogP contribution in [0.5, 0.6) is 0 Å². The van der Waals surface area contributed by atoms with Crippen LogP contribution in [0.2, 0.25) is 0 Å². The molecule has 1 aliphatic rings. The summed E-state index contributed by atoms with van der Waals surface area (Å²) in [6, 6.07) is 8.92. The molecule has 1 heterocycles. The molecule has 4 N–H and O–H groups in total. The molecule has 0 bridgehead atoms. The van der Waals surface area contributed by atoms with Crippen molar-refractivity contribution in [3.05, 3.63) is 51.9 Å². The number of amides is 3. The van der Waals surface area contributed by atoms with Crippen LogP contribution in [0.3, 0.4) is 0 Å². The Balaban J connectivity index is 1.80. The van der Waals surface area contributed by atoms with E-state index >= 15 is 0 Å². The molecule has 6 nitrogen and oxygen atoms in total. The van der Waals surface area contributed by atoms with E-state index in [0.717, 1.165) is 48.1 Å². The van der Waals surface area contributed by atoms with Crippen LogP contribution in [0.15, 0.2) is 30.3 Å². The largest absolute Gasteiger partial charge is 0.365 e. The maximum atomic E-state index is 12.7. The first kappa shape index (κ1) is 20.1. The van der Waals surface area contributed by atoms with Gasteiger partial charge in [0.05, 0.1) is 18.0 Å². The van der Waals surface area contributed by atoms with Gasteiger partial charge in [-0.05, 0) is 36.8 Å². The third-order valence-corrected chi connectivity index (χ3v) is 6.10. The van der Waals surface area contributed by atoms with E-state index in [1.165, 1.54) is 18.3 Å². The van der Waals surface area contributed by atoms with Crippen molar-refractivity contribution < 1.29 is 14.4 Å². The summed E-state index contributed by atoms with van der Waals surface area (Å²) >= 11 is 1.45. The van der Waals surface area contributed by atoms with Gasteiger partial charge in [-0.3, -0.25) is 14.4 Å². The Morgan fingerprint density at radius 3 is 2.50 bits per heavy atom. The second-order valence-electron chi connectivity index (χ2n) is 7.05. The van der Waals surface area contributed by atoms with Crippen molar-refractivity contribution in [3.8, 4) is 0 Å². The SMILES string of the molecule is CC(=O)NC(CC(=O)Nc1sc2c(c1C(N)=O)CCCCC2)c1ccccc1. The van der Waals surface area contributed by atoms with Crippen LogP contribution in [0.1, 0.15) is 65.0 Å². The first-order chi connectivity index (χ1) is 13.5. The van der Waals surface area contributed by atoms with Gasteiger partial charge in [0, 0.05) is 11.8 Å². The molecular weight excluding hydrogens is 374 g/mol. The van der Waals surface area contributed by atoms with Gasteiger partial charge in [-0.15, -0.1) is 11.3 Å². The minimum atomic E-state index is -0.504. The third-order valence-electron chi connectivity index (χ3n) is 4.89. The molecule has 0 aliphatic heterocycles. The molecule has 7 heteroatoms. The zero-order valence-corrected chi connectivity index (χ0v) is 16.7. The van der Waals surface area contributed by atoms with Crippen LogP contribution in [-0.4, -0.2) is 17.7 Å². The maximum absolute atomic E-state index is 12.7. The zero-order valence-electron chi connectivity index (χ0n) is 15.9. The Labute approximate surface area is 168 Å². The molecule has 0 saturated carbocycles. The molecule has 1 aromatic heterocycles. The minimum Gasteiger partial charge on any atom is -0.365 e. The van der Waals surface area contributed by atoms with Gasteiger partial charge in [0.25, 0.3) is 5.91 Å². The number of nitrogens with two attached hydrogens (primary N) is 1. The predicted octanol–water partition coefficient (Wildman–Crippen LogP) is 3.32. The smallest absolute Gasteiger partial charge is 0.251 e. The minimum absolute atomic E-state index is 0.0738. The molecule has 0 fully saturated rings. The molecular formula is C21H25N3O3S. The highest BCUT2D eigenvalue weighted by Crippen LogP contribution is 2.37. The Bertz CT molecular complexity index is 877. The number of thiophene rings is 1. The zero-order chi connectivity index (χ0) is 20.1. The highest BCUT2D eigenvalue weighted by molar-refractivity contribution is 7.17. The average molecular weight is 400 g/mol. The van der Waals surface area contributed by atoms with E-state index in [0.29, 0.717) is 10.6 Å². The fourth-order valence-corrected chi connectivity index (χ4v) is 4.95. The van der Waals surface area contributed by atoms with Gasteiger partial charge in [-0.2, -0.15) is 0 Å². The van der Waals surface area contributed by atoms with Crippen LogP contribution in [0, 0.1) is 0 Å². The molecule has 0 saturated heterocycles. The fraction of sp³-hybridized carbons (Fsp3) is 0.381. The number of hydrogen-bond acceptors (Lipinski definition) is 4. The van der Waals surface area contributed by atoms with Gasteiger partial charge < -0.3 is 16.4 Å². The first-order valence-electron chi connectivity index (χ1n) is 9.52. The number of carbonyl (C=O) groups is 3. The second-order valence-corrected chi connectivity index (χ2v) is 8.15. The lowest BCUT2D eigenvalue weighted by Gasteiger charge is -2.18. The van der Waals surface area contributed by atoms with E-state index in [-0.39, 0.29) is 18.2 Å². The Morgan fingerprint density at radius 1 is 1.11 bits per heavy atom. The normalized spacial score (nSPS) is 14.5. The Kier molecular flexibility index (Phi) is 6.46. The van der Waals surface area contributed by atoms with Crippen LogP contribution in [0.25, 0.3) is 0 Å². The van der Waals surface area contributed by atoms with Gasteiger partial charge in [0.15, 0.2) is 0 Å². The Hall–Kier alpha value is -2.67. The van der Waals surface area contributed by atoms with Gasteiger partial charge in [0.2, 0.25) is 11.8 Å². The van der Waals surface area contributed by atoms with Crippen molar-refractivity contribution in [1.82, 2.24) is 5.32 Å². The highest BCUT2D eigenvalue weighted by Gasteiger charge is 2.25. The van der Waals surface area contributed by atoms with Crippen molar-refractivity contribution in [2.45, 2.75) is 51.5 Å². The topological polar surface area (TPSA) is 101 Å². The fourth-order valence-electron chi connectivity index (χ4n) is 3.64. The van der Waals surface area contributed by atoms with Crippen molar-refractivity contribution in [2.24, 2.45) is 5.73 Å². The van der Waals surface area contributed by atoms with Crippen LogP contribution in [0.4, 0.5) is 5.00 Å². The number of carbonyl (C=O) groups excluding carboxylic acids is 3. The summed E-state index contributed by atoms with van der Waals surface area (Å²) < 4.78 is 0. The molecule has 148 valence electrons. The predicted molar refractivity (Wildman–Crippen MR) is 110 cm³/mol. The number of hydrogen-bond donors (Lipinski definition) is 3. The number of benzene rings is 1. The van der Waals surface area contributed by atoms with E-state index in [2.05, 4.69) is 10.6 Å². The molecule has 1 atom stereocenters. The van der Waals surface area contributed by atoms with E-state index in [1.807, 2.05) is 30.3 Å². The number of aryl methyl sites for hydroxylation is 1. The molecule has 2 aromatic rings. The monoisotopic (exact) mass is 399 g/mol. The molecule has 28 heavy (non-hydrogen) atoms. The van der Waals surface area contributed by atoms with Crippen LogP contribution in [-0.2, 0) is 22.4 Å². The van der Waals surface area contributed by atoms with Gasteiger partial charge in [-0.1, -0.05) is 36.8 Å². The lowest BCUT2D eigenvalue weighted by atomic mass is 10.0. The lowest BCUT2D eigenvalue weighted by Crippen LogP contribution is -2.30. The summed E-state index contributed by atoms with van der Waals surface area (Å²) in [4.78, 5) is 37.5. The average Bonchev–Trinajstić information content (AvgIpc) is 2.82. The van der Waals surface area contributed by atoms with E-state index < -0.39 is 11.9 Å². The molecule has 3 amide bonds. The molecule has 1 unspecified atom stereocenters. The van der Waals surface area contributed by atoms with Gasteiger partial charge in [-0.25, -0.2) is 0 Å². The summed E-state index contributed by atoms with van der Waals surface area (Å²) in [7, 11) is 0. The van der Waals surface area contributed by atoms with Gasteiger partial charge >= 0.3 is 0 Å². The van der Waals surface area contributed by atoms with Gasteiger partial charge in [0.1, 0.15) is 5.00 Å². The maximum Gasteiger partial charge on any atom is 0.251 e. The summed E-state index contributed by atoms with van der Waals surface area (Å²) in [5.74, 6) is -0.972. The van der Waals surface area contributed by atoms with Crippen LogP contribution < -0.4 is 16.4 Å². The van der Waals surface area contributed by atoms with E-state index in [4.69, 9.17) is 5.73 Å². The summed E-state index contributed by atoms with van der Waals surface area (Å²) in [6.45, 7) is 1.43. The third kappa shape index (κ3) is 4.78. The molecule has 0 spiro atoms. The molecule has 1 aromatic carbocycles. The molecule has 3 rings (SSSR count). The number of primary amides is 1. The quantitative estimate of drug-likeness (QED) is 0.650. The number of rotatable bonds is 6. The lowest BCUT2D eigenvalue weighted by molar-refractivity contribution is -0.120. The summed E-state index contributed by atoms with van der Waals surface area (Å²) in [6.07, 6.45) is 5.04. The van der Waals surface area contributed by atoms with E-state index in [9.17, 15) is 14.4 Å². The second kappa shape index (κ2) is 9.01.